The van der Waals surface area contributed by atoms with E-state index in [1.165, 1.54) is 5.56 Å². The van der Waals surface area contributed by atoms with Crippen LogP contribution in [0.1, 0.15) is 21.7 Å². The molecule has 3 N–H and O–H groups in total. The second kappa shape index (κ2) is 7.21. The molecule has 1 amide bonds. The van der Waals surface area contributed by atoms with Gasteiger partial charge in [-0.2, -0.15) is 0 Å². The number of aromatic nitrogens is 2. The zero-order chi connectivity index (χ0) is 18.8. The Hall–Kier alpha value is -3.18. The Labute approximate surface area is 157 Å². The van der Waals surface area contributed by atoms with Crippen molar-refractivity contribution in [3.63, 3.8) is 0 Å². The monoisotopic (exact) mass is 358 g/mol. The normalized spacial score (nSPS) is 11.2. The van der Waals surface area contributed by atoms with Gasteiger partial charge in [0.15, 0.2) is 0 Å². The molecule has 5 nitrogen and oxygen atoms in total. The van der Waals surface area contributed by atoms with Crippen LogP contribution >= 0.6 is 0 Å². The van der Waals surface area contributed by atoms with Gasteiger partial charge in [-0.3, -0.25) is 4.79 Å². The molecule has 0 radical (unpaired) electrons. The fourth-order valence-corrected chi connectivity index (χ4v) is 3.59. The Kier molecular flexibility index (Phi) is 4.60. The highest BCUT2D eigenvalue weighted by molar-refractivity contribution is 6.10. The van der Waals surface area contributed by atoms with Crippen LogP contribution in [0.25, 0.3) is 21.8 Å². The quantitative estimate of drug-likeness (QED) is 0.575. The lowest BCUT2D eigenvalue weighted by Gasteiger charge is -2.10. The number of carbonyl (C=O) groups excluding carboxylic acids is 1. The Bertz CT molecular complexity index is 1120. The van der Waals surface area contributed by atoms with Crippen LogP contribution in [-0.4, -0.2) is 28.5 Å². The molecule has 136 valence electrons. The molecule has 2 aromatic heterocycles. The predicted octanol–water partition coefficient (Wildman–Crippen LogP) is 3.23. The van der Waals surface area contributed by atoms with Crippen molar-refractivity contribution in [3.05, 3.63) is 77.6 Å². The van der Waals surface area contributed by atoms with Gasteiger partial charge in [0.2, 0.25) is 0 Å². The van der Waals surface area contributed by atoms with Crippen molar-refractivity contribution in [1.82, 2.24) is 14.9 Å². The number of fused-ring (bicyclic) bond motifs is 3. The van der Waals surface area contributed by atoms with Crippen LogP contribution < -0.4 is 11.1 Å². The molecule has 0 aliphatic rings. The SMILES string of the molecule is Cc1nc(C(=O)NCCN)cc2c3ccccc3n(Cc3ccccc3)c12. The highest BCUT2D eigenvalue weighted by atomic mass is 16.1. The largest absolute Gasteiger partial charge is 0.349 e. The number of nitrogens with two attached hydrogens (primary N) is 1. The third-order valence-corrected chi connectivity index (χ3v) is 4.77. The summed E-state index contributed by atoms with van der Waals surface area (Å²) >= 11 is 0. The van der Waals surface area contributed by atoms with E-state index in [9.17, 15) is 4.79 Å². The lowest BCUT2D eigenvalue weighted by atomic mass is 10.1. The summed E-state index contributed by atoms with van der Waals surface area (Å²) in [6.45, 7) is 3.56. The van der Waals surface area contributed by atoms with E-state index in [2.05, 4.69) is 39.1 Å². The number of aryl methyl sites for hydroxylation is 1. The summed E-state index contributed by atoms with van der Waals surface area (Å²) in [5.74, 6) is -0.189. The van der Waals surface area contributed by atoms with Gasteiger partial charge in [-0.25, -0.2) is 4.98 Å². The van der Waals surface area contributed by atoms with Crippen molar-refractivity contribution >= 4 is 27.7 Å². The van der Waals surface area contributed by atoms with E-state index in [1.54, 1.807) is 0 Å². The van der Waals surface area contributed by atoms with Crippen molar-refractivity contribution in [3.8, 4) is 0 Å². The van der Waals surface area contributed by atoms with Crippen LogP contribution in [-0.2, 0) is 6.54 Å². The molecule has 0 unspecified atom stereocenters. The smallest absolute Gasteiger partial charge is 0.269 e. The van der Waals surface area contributed by atoms with Crippen molar-refractivity contribution in [1.29, 1.82) is 0 Å². The third kappa shape index (κ3) is 3.17. The lowest BCUT2D eigenvalue weighted by molar-refractivity contribution is 0.0950. The summed E-state index contributed by atoms with van der Waals surface area (Å²) in [5.41, 5.74) is 10.2. The van der Waals surface area contributed by atoms with Crippen LogP contribution in [0.15, 0.2) is 60.7 Å². The van der Waals surface area contributed by atoms with Crippen LogP contribution in [0.5, 0.6) is 0 Å². The first-order valence-electron chi connectivity index (χ1n) is 9.10. The second-order valence-electron chi connectivity index (χ2n) is 6.62. The summed E-state index contributed by atoms with van der Waals surface area (Å²) in [5, 5.41) is 4.98. The molecule has 27 heavy (non-hydrogen) atoms. The number of carbonyl (C=O) groups is 1. The number of nitrogens with zero attached hydrogens (tertiary/aromatic N) is 2. The van der Waals surface area contributed by atoms with E-state index in [-0.39, 0.29) is 5.91 Å². The Morgan fingerprint density at radius 1 is 1.07 bits per heavy atom. The van der Waals surface area contributed by atoms with Gasteiger partial charge in [0.05, 0.1) is 11.2 Å². The minimum atomic E-state index is -0.189. The summed E-state index contributed by atoms with van der Waals surface area (Å²) < 4.78 is 2.28. The summed E-state index contributed by atoms with van der Waals surface area (Å²) in [6, 6.07) is 20.5. The molecule has 0 spiro atoms. The van der Waals surface area contributed by atoms with Crippen molar-refractivity contribution in [2.75, 3.05) is 13.1 Å². The van der Waals surface area contributed by atoms with Crippen LogP contribution in [0, 0.1) is 6.92 Å². The number of nitrogens with one attached hydrogen (secondary N) is 1. The fraction of sp³-hybridized carbons (Fsp3) is 0.182. The highest BCUT2D eigenvalue weighted by Gasteiger charge is 2.17. The molecular weight excluding hydrogens is 336 g/mol. The molecule has 0 aliphatic carbocycles. The zero-order valence-electron chi connectivity index (χ0n) is 15.3. The molecule has 2 aromatic carbocycles. The maximum Gasteiger partial charge on any atom is 0.269 e. The van der Waals surface area contributed by atoms with Gasteiger partial charge in [-0.15, -0.1) is 0 Å². The molecule has 0 saturated heterocycles. The van der Waals surface area contributed by atoms with Gasteiger partial charge in [-0.05, 0) is 24.6 Å². The van der Waals surface area contributed by atoms with Crippen LogP contribution in [0.2, 0.25) is 0 Å². The zero-order valence-corrected chi connectivity index (χ0v) is 15.3. The molecule has 4 aromatic rings. The van der Waals surface area contributed by atoms with Gasteiger partial charge < -0.3 is 15.6 Å². The first-order valence-corrected chi connectivity index (χ1v) is 9.10. The molecule has 4 rings (SSSR count). The van der Waals surface area contributed by atoms with E-state index in [0.717, 1.165) is 34.0 Å². The van der Waals surface area contributed by atoms with Crippen LogP contribution in [0.4, 0.5) is 0 Å². The third-order valence-electron chi connectivity index (χ3n) is 4.77. The molecule has 0 atom stereocenters. The Morgan fingerprint density at radius 3 is 2.59 bits per heavy atom. The standard InChI is InChI=1S/C22H22N4O/c1-15-21-18(13-19(25-15)22(27)24-12-11-23)17-9-5-6-10-20(17)26(21)14-16-7-3-2-4-8-16/h2-10,13H,11-12,14,23H2,1H3,(H,24,27). The average molecular weight is 358 g/mol. The van der Waals surface area contributed by atoms with E-state index in [1.807, 2.05) is 43.3 Å². The summed E-state index contributed by atoms with van der Waals surface area (Å²) in [6.07, 6.45) is 0. The van der Waals surface area contributed by atoms with E-state index >= 15 is 0 Å². The van der Waals surface area contributed by atoms with Crippen molar-refractivity contribution < 1.29 is 4.79 Å². The van der Waals surface area contributed by atoms with E-state index in [0.29, 0.717) is 18.8 Å². The predicted molar refractivity (Wildman–Crippen MR) is 109 cm³/mol. The molecule has 2 heterocycles. The van der Waals surface area contributed by atoms with Gasteiger partial charge in [0.1, 0.15) is 5.69 Å². The van der Waals surface area contributed by atoms with Crippen molar-refractivity contribution in [2.24, 2.45) is 5.73 Å². The number of para-hydroxylation sites is 1. The number of rotatable bonds is 5. The molecule has 0 aliphatic heterocycles. The summed E-state index contributed by atoms with van der Waals surface area (Å²) in [4.78, 5) is 17.0. The number of hydrogen-bond donors (Lipinski definition) is 2. The lowest BCUT2D eigenvalue weighted by Crippen LogP contribution is -2.29. The minimum Gasteiger partial charge on any atom is -0.349 e. The fourth-order valence-electron chi connectivity index (χ4n) is 3.59. The van der Waals surface area contributed by atoms with Crippen molar-refractivity contribution in [2.45, 2.75) is 13.5 Å². The second-order valence-corrected chi connectivity index (χ2v) is 6.62. The molecule has 5 heteroatoms. The number of hydrogen-bond acceptors (Lipinski definition) is 3. The topological polar surface area (TPSA) is 72.9 Å². The molecular formula is C22H22N4O. The van der Waals surface area contributed by atoms with Gasteiger partial charge >= 0.3 is 0 Å². The molecule has 0 saturated carbocycles. The number of pyridine rings is 1. The molecule has 0 fully saturated rings. The number of benzene rings is 2. The Morgan fingerprint density at radius 2 is 1.81 bits per heavy atom. The average Bonchev–Trinajstić information content (AvgIpc) is 3.01. The highest BCUT2D eigenvalue weighted by Crippen LogP contribution is 2.31. The van der Waals surface area contributed by atoms with E-state index < -0.39 is 0 Å². The first kappa shape index (κ1) is 17.2. The Balaban J connectivity index is 1.91. The maximum absolute atomic E-state index is 12.4. The number of amides is 1. The molecule has 0 bridgehead atoms. The first-order chi connectivity index (χ1) is 13.2. The maximum atomic E-state index is 12.4. The minimum absolute atomic E-state index is 0.189. The van der Waals surface area contributed by atoms with E-state index in [4.69, 9.17) is 5.73 Å². The van der Waals surface area contributed by atoms with Crippen LogP contribution in [0.3, 0.4) is 0 Å². The summed E-state index contributed by atoms with van der Waals surface area (Å²) in [7, 11) is 0. The van der Waals surface area contributed by atoms with Gasteiger partial charge in [-0.1, -0.05) is 48.5 Å². The van der Waals surface area contributed by atoms with Gasteiger partial charge in [0.25, 0.3) is 5.91 Å². The van der Waals surface area contributed by atoms with Gasteiger partial charge in [0, 0.05) is 35.9 Å².